The van der Waals surface area contributed by atoms with Crippen molar-refractivity contribution in [3.8, 4) is 0 Å². The van der Waals surface area contributed by atoms with Crippen molar-refractivity contribution in [1.29, 1.82) is 0 Å². The van der Waals surface area contributed by atoms with Gasteiger partial charge in [-0.15, -0.1) is 0 Å². The molecule has 1 aromatic rings. The Morgan fingerprint density at radius 2 is 2.18 bits per heavy atom. The van der Waals surface area contributed by atoms with Crippen LogP contribution >= 0.6 is 0 Å². The summed E-state index contributed by atoms with van der Waals surface area (Å²) >= 11 is 0. The Bertz CT molecular complexity index is 350. The van der Waals surface area contributed by atoms with Gasteiger partial charge >= 0.3 is 0 Å². The van der Waals surface area contributed by atoms with Gasteiger partial charge in [-0.3, -0.25) is 4.90 Å². The molecule has 17 heavy (non-hydrogen) atoms. The van der Waals surface area contributed by atoms with Crippen LogP contribution in [0.3, 0.4) is 0 Å². The lowest BCUT2D eigenvalue weighted by Gasteiger charge is -2.30. The third-order valence-electron chi connectivity index (χ3n) is 3.82. The van der Waals surface area contributed by atoms with Gasteiger partial charge in [0.05, 0.1) is 12.6 Å². The molecule has 4 heteroatoms. The van der Waals surface area contributed by atoms with Crippen molar-refractivity contribution >= 4 is 0 Å². The van der Waals surface area contributed by atoms with E-state index in [1.165, 1.54) is 12.8 Å². The molecule has 1 saturated carbocycles. The van der Waals surface area contributed by atoms with Gasteiger partial charge in [-0.2, -0.15) is 0 Å². The van der Waals surface area contributed by atoms with Crippen LogP contribution in [0.4, 0.5) is 0 Å². The molecule has 1 aromatic heterocycles. The van der Waals surface area contributed by atoms with Crippen LogP contribution < -0.4 is 0 Å². The Labute approximate surface area is 103 Å². The molecule has 1 aliphatic carbocycles. The summed E-state index contributed by atoms with van der Waals surface area (Å²) in [6.45, 7) is 0.811. The van der Waals surface area contributed by atoms with Crippen molar-refractivity contribution in [1.82, 2.24) is 14.5 Å². The maximum Gasteiger partial charge on any atom is 0.122 e. The zero-order chi connectivity index (χ0) is 12.3. The van der Waals surface area contributed by atoms with Gasteiger partial charge in [0, 0.05) is 25.5 Å². The summed E-state index contributed by atoms with van der Waals surface area (Å²) in [6.07, 6.45) is 9.30. The normalized spacial score (nSPS) is 26.1. The first-order valence-electron chi connectivity index (χ1n) is 6.53. The van der Waals surface area contributed by atoms with E-state index >= 15 is 0 Å². The van der Waals surface area contributed by atoms with Crippen LogP contribution in [0.1, 0.15) is 37.9 Å². The highest BCUT2D eigenvalue weighted by atomic mass is 16.3. The Balaban J connectivity index is 1.98. The van der Waals surface area contributed by atoms with Crippen LogP contribution in [0.15, 0.2) is 12.4 Å². The minimum Gasteiger partial charge on any atom is -0.391 e. The molecule has 0 radical (unpaired) electrons. The highest BCUT2D eigenvalue weighted by Gasteiger charge is 2.25. The van der Waals surface area contributed by atoms with Crippen molar-refractivity contribution < 1.29 is 5.11 Å². The number of aromatic nitrogens is 2. The average molecular weight is 237 g/mol. The summed E-state index contributed by atoms with van der Waals surface area (Å²) in [7, 11) is 4.10. The van der Waals surface area contributed by atoms with Crippen LogP contribution in [0.5, 0.6) is 0 Å². The van der Waals surface area contributed by atoms with Crippen LogP contribution in [0.25, 0.3) is 0 Å². The van der Waals surface area contributed by atoms with Gasteiger partial charge in [-0.1, -0.05) is 19.3 Å². The van der Waals surface area contributed by atoms with Crippen molar-refractivity contribution in [2.75, 3.05) is 7.05 Å². The molecule has 0 saturated heterocycles. The Morgan fingerprint density at radius 3 is 2.88 bits per heavy atom. The third-order valence-corrected chi connectivity index (χ3v) is 3.82. The molecule has 1 heterocycles. The highest BCUT2D eigenvalue weighted by Crippen LogP contribution is 2.22. The molecule has 96 valence electrons. The maximum atomic E-state index is 10.1. The Kier molecular flexibility index (Phi) is 4.18. The Hall–Kier alpha value is -0.870. The van der Waals surface area contributed by atoms with E-state index in [2.05, 4.69) is 16.9 Å². The molecule has 2 atom stereocenters. The first-order chi connectivity index (χ1) is 8.18. The predicted molar refractivity (Wildman–Crippen MR) is 67.6 cm³/mol. The summed E-state index contributed by atoms with van der Waals surface area (Å²) in [5.41, 5.74) is 0. The lowest BCUT2D eigenvalue weighted by molar-refractivity contribution is 0.0528. The molecule has 0 aromatic carbocycles. The van der Waals surface area contributed by atoms with E-state index in [1.807, 2.05) is 24.0 Å². The second kappa shape index (κ2) is 5.65. The van der Waals surface area contributed by atoms with Crippen molar-refractivity contribution in [3.63, 3.8) is 0 Å². The van der Waals surface area contributed by atoms with E-state index in [0.29, 0.717) is 0 Å². The van der Waals surface area contributed by atoms with E-state index in [1.54, 1.807) is 0 Å². The topological polar surface area (TPSA) is 41.3 Å². The van der Waals surface area contributed by atoms with Crippen molar-refractivity contribution in [3.05, 3.63) is 18.2 Å². The molecule has 0 amide bonds. The van der Waals surface area contributed by atoms with Gasteiger partial charge in [-0.25, -0.2) is 4.98 Å². The lowest BCUT2D eigenvalue weighted by Crippen LogP contribution is -2.40. The van der Waals surface area contributed by atoms with Gasteiger partial charge in [0.2, 0.25) is 0 Å². The molecule has 4 nitrogen and oxygen atoms in total. The number of aliphatic hydroxyl groups is 1. The Morgan fingerprint density at radius 1 is 1.41 bits per heavy atom. The molecule has 2 rings (SSSR count). The van der Waals surface area contributed by atoms with E-state index in [4.69, 9.17) is 0 Å². The maximum absolute atomic E-state index is 10.1. The SMILES string of the molecule is CN(Cc1nccn1C)C1CCCCCC1O. The second-order valence-electron chi connectivity index (χ2n) is 5.14. The number of hydrogen-bond acceptors (Lipinski definition) is 3. The van der Waals surface area contributed by atoms with Gasteiger partial charge in [0.25, 0.3) is 0 Å². The fourth-order valence-corrected chi connectivity index (χ4v) is 2.67. The molecule has 0 aliphatic heterocycles. The zero-order valence-corrected chi connectivity index (χ0v) is 10.8. The van der Waals surface area contributed by atoms with Crippen LogP contribution in [0.2, 0.25) is 0 Å². The van der Waals surface area contributed by atoms with Crippen molar-refractivity contribution in [2.24, 2.45) is 7.05 Å². The fraction of sp³-hybridized carbons (Fsp3) is 0.769. The minimum absolute atomic E-state index is 0.178. The molecule has 0 spiro atoms. The van der Waals surface area contributed by atoms with E-state index in [-0.39, 0.29) is 12.1 Å². The highest BCUT2D eigenvalue weighted by molar-refractivity contribution is 4.92. The monoisotopic (exact) mass is 237 g/mol. The second-order valence-corrected chi connectivity index (χ2v) is 5.14. The molecular weight excluding hydrogens is 214 g/mol. The number of imidazole rings is 1. The standard InChI is InChI=1S/C13H23N3O/c1-15-9-8-14-13(15)10-16(2)11-6-4-3-5-7-12(11)17/h8-9,11-12,17H,3-7,10H2,1-2H3. The first-order valence-corrected chi connectivity index (χ1v) is 6.53. The quantitative estimate of drug-likeness (QED) is 0.811. The summed E-state index contributed by atoms with van der Waals surface area (Å²) in [5, 5.41) is 10.1. The minimum atomic E-state index is -0.178. The van der Waals surface area contributed by atoms with Crippen molar-refractivity contribution in [2.45, 2.75) is 50.8 Å². The number of rotatable bonds is 3. The first kappa shape index (κ1) is 12.6. The number of hydrogen-bond donors (Lipinski definition) is 1. The summed E-state index contributed by atoms with van der Waals surface area (Å²) in [6, 6.07) is 0.286. The summed E-state index contributed by atoms with van der Waals surface area (Å²) in [5.74, 6) is 1.06. The molecule has 1 N–H and O–H groups in total. The van der Waals surface area contributed by atoms with Crippen LogP contribution in [-0.2, 0) is 13.6 Å². The molecule has 0 bridgehead atoms. The van der Waals surface area contributed by atoms with Gasteiger partial charge in [0.15, 0.2) is 0 Å². The van der Waals surface area contributed by atoms with E-state index < -0.39 is 0 Å². The number of aliphatic hydroxyl groups excluding tert-OH is 1. The fourth-order valence-electron chi connectivity index (χ4n) is 2.67. The molecule has 1 fully saturated rings. The summed E-state index contributed by atoms with van der Waals surface area (Å²) in [4.78, 5) is 6.59. The van der Waals surface area contributed by atoms with Gasteiger partial charge in [-0.05, 0) is 19.9 Å². The molecule has 2 unspecified atom stereocenters. The molecular formula is C13H23N3O. The van der Waals surface area contributed by atoms with Crippen LogP contribution in [-0.4, -0.2) is 38.8 Å². The average Bonchev–Trinajstić information content (AvgIpc) is 2.57. The van der Waals surface area contributed by atoms with Gasteiger partial charge < -0.3 is 9.67 Å². The number of likely N-dealkylation sites (N-methyl/N-ethyl adjacent to an activating group) is 1. The summed E-state index contributed by atoms with van der Waals surface area (Å²) < 4.78 is 2.04. The van der Waals surface area contributed by atoms with Crippen LogP contribution in [0, 0.1) is 0 Å². The smallest absolute Gasteiger partial charge is 0.122 e. The largest absolute Gasteiger partial charge is 0.391 e. The molecule has 1 aliphatic rings. The third kappa shape index (κ3) is 3.07. The number of nitrogens with zero attached hydrogens (tertiary/aromatic N) is 3. The zero-order valence-electron chi connectivity index (χ0n) is 10.8. The van der Waals surface area contributed by atoms with E-state index in [9.17, 15) is 5.11 Å². The lowest BCUT2D eigenvalue weighted by atomic mass is 10.0. The van der Waals surface area contributed by atoms with E-state index in [0.717, 1.165) is 31.6 Å². The predicted octanol–water partition coefficient (Wildman–Crippen LogP) is 1.55. The number of aryl methyl sites for hydroxylation is 1. The van der Waals surface area contributed by atoms with Gasteiger partial charge in [0.1, 0.15) is 5.82 Å².